The Morgan fingerprint density at radius 1 is 1.19 bits per heavy atom. The topological polar surface area (TPSA) is 91.4 Å². The van der Waals surface area contributed by atoms with Crippen LogP contribution < -0.4 is 4.74 Å². The maximum Gasteiger partial charge on any atom is 0.229 e. The molecule has 0 aliphatic carbocycles. The molecule has 0 aliphatic heterocycles. The minimum Gasteiger partial charge on any atom is -0.493 e. The third-order valence-electron chi connectivity index (χ3n) is 4.18. The number of nitrogens with one attached hydrogen (secondary N) is 1. The second-order valence-electron chi connectivity index (χ2n) is 5.87. The standard InChI is InChI=1S/C19H15Br2N3O2.H2O/c1-3-26-16-7-5-12(21)9-14(16)18-22-17-13-8-11(20)4-6-15(13)24(10(2)25)19(17)23-18;/h4-9H,3H2,1-2H3,(H,22,23);1H2. The molecule has 0 amide bonds. The van der Waals surface area contributed by atoms with Gasteiger partial charge in [0.25, 0.3) is 0 Å². The maximum atomic E-state index is 12.3. The van der Waals surface area contributed by atoms with Gasteiger partial charge in [-0.25, -0.2) is 4.98 Å². The predicted molar refractivity (Wildman–Crippen MR) is 114 cm³/mol. The number of fused-ring (bicyclic) bond motifs is 3. The van der Waals surface area contributed by atoms with Gasteiger partial charge in [-0.3, -0.25) is 9.36 Å². The summed E-state index contributed by atoms with van der Waals surface area (Å²) < 4.78 is 9.25. The lowest BCUT2D eigenvalue weighted by atomic mass is 10.2. The van der Waals surface area contributed by atoms with E-state index in [2.05, 4.69) is 36.8 Å². The molecule has 2 aromatic heterocycles. The van der Waals surface area contributed by atoms with Crippen molar-refractivity contribution in [3.05, 3.63) is 45.3 Å². The van der Waals surface area contributed by atoms with Gasteiger partial charge in [0.2, 0.25) is 5.91 Å². The van der Waals surface area contributed by atoms with E-state index in [9.17, 15) is 4.79 Å². The molecule has 0 aliphatic rings. The number of halogens is 2. The van der Waals surface area contributed by atoms with Crippen LogP contribution in [0.4, 0.5) is 0 Å². The smallest absolute Gasteiger partial charge is 0.229 e. The van der Waals surface area contributed by atoms with Crippen molar-refractivity contribution in [1.82, 2.24) is 14.5 Å². The predicted octanol–water partition coefficient (Wildman–Crippen LogP) is 4.94. The van der Waals surface area contributed by atoms with E-state index in [4.69, 9.17) is 9.72 Å². The van der Waals surface area contributed by atoms with Crippen molar-refractivity contribution in [2.45, 2.75) is 13.8 Å². The molecule has 4 aromatic rings. The number of ether oxygens (including phenoxy) is 1. The fourth-order valence-corrected chi connectivity index (χ4v) is 3.87. The fraction of sp³-hybridized carbons (Fsp3) is 0.158. The molecule has 27 heavy (non-hydrogen) atoms. The van der Waals surface area contributed by atoms with Crippen LogP contribution in [0.15, 0.2) is 45.3 Å². The SMILES string of the molecule is CCOc1ccc(Br)cc1-c1nc2c([nH]1)c1cc(Br)ccc1n2C(C)=O.O. The molecule has 2 aromatic carbocycles. The average molecular weight is 495 g/mol. The number of H-pyrrole nitrogens is 1. The van der Waals surface area contributed by atoms with Crippen molar-refractivity contribution in [3.8, 4) is 17.1 Å². The normalized spacial score (nSPS) is 11.0. The molecule has 6 nitrogen and oxygen atoms in total. The lowest BCUT2D eigenvalue weighted by molar-refractivity contribution is 0.0946. The second kappa shape index (κ2) is 7.46. The average Bonchev–Trinajstić information content (AvgIpc) is 3.13. The lowest BCUT2D eigenvalue weighted by Crippen LogP contribution is -2.05. The summed E-state index contributed by atoms with van der Waals surface area (Å²) >= 11 is 7.01. The van der Waals surface area contributed by atoms with E-state index in [-0.39, 0.29) is 11.4 Å². The second-order valence-corrected chi connectivity index (χ2v) is 7.70. The Balaban J connectivity index is 0.00000210. The summed E-state index contributed by atoms with van der Waals surface area (Å²) in [6.45, 7) is 4.05. The molecule has 140 valence electrons. The Hall–Kier alpha value is -2.16. The Morgan fingerprint density at radius 3 is 2.59 bits per heavy atom. The third kappa shape index (κ3) is 3.28. The van der Waals surface area contributed by atoms with E-state index in [0.29, 0.717) is 18.1 Å². The van der Waals surface area contributed by atoms with Crippen LogP contribution in [-0.4, -0.2) is 32.5 Å². The number of carbonyl (C=O) groups excluding carboxylic acids is 1. The van der Waals surface area contributed by atoms with Crippen LogP contribution in [-0.2, 0) is 0 Å². The van der Waals surface area contributed by atoms with Crippen molar-refractivity contribution >= 4 is 59.8 Å². The van der Waals surface area contributed by atoms with Gasteiger partial charge >= 0.3 is 0 Å². The van der Waals surface area contributed by atoms with Crippen molar-refractivity contribution in [2.24, 2.45) is 0 Å². The first-order chi connectivity index (χ1) is 12.5. The zero-order valence-electron chi connectivity index (χ0n) is 14.6. The molecule has 2 heterocycles. The van der Waals surface area contributed by atoms with E-state index < -0.39 is 0 Å². The summed E-state index contributed by atoms with van der Waals surface area (Å²) in [6.07, 6.45) is 0. The van der Waals surface area contributed by atoms with Crippen LogP contribution in [0.3, 0.4) is 0 Å². The lowest BCUT2D eigenvalue weighted by Gasteiger charge is -2.08. The van der Waals surface area contributed by atoms with Gasteiger partial charge in [0.1, 0.15) is 11.6 Å². The number of imidazole rings is 1. The molecule has 0 bridgehead atoms. The number of rotatable bonds is 3. The minimum atomic E-state index is -0.0790. The summed E-state index contributed by atoms with van der Waals surface area (Å²) in [5.74, 6) is 1.33. The van der Waals surface area contributed by atoms with Crippen molar-refractivity contribution < 1.29 is 15.0 Å². The first kappa shape index (κ1) is 19.6. The summed E-state index contributed by atoms with van der Waals surface area (Å²) in [6, 6.07) is 11.6. The minimum absolute atomic E-state index is 0. The molecule has 0 saturated carbocycles. The molecule has 0 atom stereocenters. The van der Waals surface area contributed by atoms with Crippen LogP contribution in [0, 0.1) is 0 Å². The molecule has 0 radical (unpaired) electrons. The number of carbonyl (C=O) groups is 1. The quantitative estimate of drug-likeness (QED) is 0.437. The number of benzene rings is 2. The summed E-state index contributed by atoms with van der Waals surface area (Å²) in [5.41, 5.74) is 3.12. The van der Waals surface area contributed by atoms with E-state index in [0.717, 1.165) is 36.7 Å². The van der Waals surface area contributed by atoms with Crippen LogP contribution in [0.25, 0.3) is 33.5 Å². The highest BCUT2D eigenvalue weighted by molar-refractivity contribution is 9.10. The van der Waals surface area contributed by atoms with Gasteiger partial charge < -0.3 is 15.2 Å². The third-order valence-corrected chi connectivity index (χ3v) is 5.16. The van der Waals surface area contributed by atoms with Crippen LogP contribution >= 0.6 is 31.9 Å². The van der Waals surface area contributed by atoms with E-state index in [1.165, 1.54) is 0 Å². The number of hydrogen-bond donors (Lipinski definition) is 1. The first-order valence-corrected chi connectivity index (χ1v) is 9.71. The Labute approximate surface area is 172 Å². The van der Waals surface area contributed by atoms with Gasteiger partial charge in [-0.2, -0.15) is 0 Å². The molecule has 0 saturated heterocycles. The fourth-order valence-electron chi connectivity index (χ4n) is 3.15. The molecule has 8 heteroatoms. The van der Waals surface area contributed by atoms with Crippen LogP contribution in [0.1, 0.15) is 18.6 Å². The molecule has 3 N–H and O–H groups in total. The van der Waals surface area contributed by atoms with Gasteiger partial charge in [0.05, 0.1) is 23.2 Å². The summed E-state index contributed by atoms with van der Waals surface area (Å²) in [4.78, 5) is 20.4. The van der Waals surface area contributed by atoms with E-state index in [1.807, 2.05) is 43.3 Å². The molecule has 0 unspecified atom stereocenters. The largest absolute Gasteiger partial charge is 0.493 e. The van der Waals surface area contributed by atoms with Gasteiger partial charge in [0, 0.05) is 21.3 Å². The van der Waals surface area contributed by atoms with Crippen LogP contribution in [0.2, 0.25) is 0 Å². The van der Waals surface area contributed by atoms with Crippen molar-refractivity contribution in [1.29, 1.82) is 0 Å². The highest BCUT2D eigenvalue weighted by atomic mass is 79.9. The Bertz CT molecular complexity index is 1160. The number of aromatic nitrogens is 3. The van der Waals surface area contributed by atoms with Gasteiger partial charge in [-0.05, 0) is 43.3 Å². The molecule has 4 rings (SSSR count). The molecule has 0 spiro atoms. The first-order valence-electron chi connectivity index (χ1n) is 8.13. The Kier molecular flexibility index (Phi) is 5.41. The van der Waals surface area contributed by atoms with Crippen molar-refractivity contribution in [2.75, 3.05) is 6.61 Å². The van der Waals surface area contributed by atoms with Crippen molar-refractivity contribution in [3.63, 3.8) is 0 Å². The zero-order chi connectivity index (χ0) is 18.4. The monoisotopic (exact) mass is 493 g/mol. The number of nitrogens with zero attached hydrogens (tertiary/aromatic N) is 2. The van der Waals surface area contributed by atoms with E-state index >= 15 is 0 Å². The molecular weight excluding hydrogens is 478 g/mol. The molecular formula is C19H17Br2N3O3. The van der Waals surface area contributed by atoms with Gasteiger partial charge in [-0.15, -0.1) is 0 Å². The van der Waals surface area contributed by atoms with Gasteiger partial charge in [0.15, 0.2) is 5.65 Å². The number of hydrogen-bond acceptors (Lipinski definition) is 3. The zero-order valence-corrected chi connectivity index (χ0v) is 17.8. The highest BCUT2D eigenvalue weighted by Gasteiger charge is 2.20. The van der Waals surface area contributed by atoms with Crippen LogP contribution in [0.5, 0.6) is 5.75 Å². The van der Waals surface area contributed by atoms with E-state index in [1.54, 1.807) is 11.5 Å². The summed E-state index contributed by atoms with van der Waals surface area (Å²) in [5, 5.41) is 0.941. The number of aromatic amines is 1. The highest BCUT2D eigenvalue weighted by Crippen LogP contribution is 2.35. The maximum absolute atomic E-state index is 12.3. The summed E-state index contributed by atoms with van der Waals surface area (Å²) in [7, 11) is 0. The Morgan fingerprint density at radius 2 is 1.89 bits per heavy atom. The van der Waals surface area contributed by atoms with Gasteiger partial charge in [-0.1, -0.05) is 31.9 Å². The molecule has 0 fully saturated rings.